The molecule has 5 heteroatoms. The minimum atomic E-state index is -0.733. The SMILES string of the molecule is CC1CN(Cc2cc(Br)ccc2O)CC1C(=O)O. The smallest absolute Gasteiger partial charge is 0.308 e. The number of nitrogens with zero attached hydrogens (tertiary/aromatic N) is 1. The number of hydrogen-bond acceptors (Lipinski definition) is 3. The lowest BCUT2D eigenvalue weighted by Crippen LogP contribution is -2.23. The molecule has 1 heterocycles. The van der Waals surface area contributed by atoms with Crippen LogP contribution in [0, 0.1) is 11.8 Å². The number of rotatable bonds is 3. The van der Waals surface area contributed by atoms with Crippen molar-refractivity contribution in [2.75, 3.05) is 13.1 Å². The molecule has 2 rings (SSSR count). The Balaban J connectivity index is 2.07. The van der Waals surface area contributed by atoms with Crippen molar-refractivity contribution in [1.82, 2.24) is 4.90 Å². The number of aliphatic carboxylic acids is 1. The van der Waals surface area contributed by atoms with E-state index in [2.05, 4.69) is 20.8 Å². The van der Waals surface area contributed by atoms with Crippen LogP contribution in [0.25, 0.3) is 0 Å². The molecule has 0 bridgehead atoms. The van der Waals surface area contributed by atoms with Crippen LogP contribution in [-0.4, -0.2) is 34.2 Å². The van der Waals surface area contributed by atoms with Crippen molar-refractivity contribution in [3.8, 4) is 5.75 Å². The fraction of sp³-hybridized carbons (Fsp3) is 0.462. The summed E-state index contributed by atoms with van der Waals surface area (Å²) in [6.45, 7) is 3.84. The van der Waals surface area contributed by atoms with Gasteiger partial charge in [-0.3, -0.25) is 9.69 Å². The molecular formula is C13H16BrNO3. The lowest BCUT2D eigenvalue weighted by atomic mass is 9.99. The van der Waals surface area contributed by atoms with Gasteiger partial charge in [0.25, 0.3) is 0 Å². The van der Waals surface area contributed by atoms with Gasteiger partial charge in [-0.25, -0.2) is 0 Å². The van der Waals surface area contributed by atoms with E-state index in [0.717, 1.165) is 16.6 Å². The first kappa shape index (κ1) is 13.4. The number of halogens is 1. The van der Waals surface area contributed by atoms with E-state index in [-0.39, 0.29) is 17.6 Å². The largest absolute Gasteiger partial charge is 0.508 e. The van der Waals surface area contributed by atoms with Crippen LogP contribution >= 0.6 is 15.9 Å². The molecule has 0 amide bonds. The normalized spacial score (nSPS) is 24.3. The molecule has 1 saturated heterocycles. The predicted molar refractivity (Wildman–Crippen MR) is 71.4 cm³/mol. The van der Waals surface area contributed by atoms with Crippen LogP contribution in [0.3, 0.4) is 0 Å². The summed E-state index contributed by atoms with van der Waals surface area (Å²) >= 11 is 3.37. The average Bonchev–Trinajstić information content (AvgIpc) is 2.65. The van der Waals surface area contributed by atoms with Crippen molar-refractivity contribution < 1.29 is 15.0 Å². The summed E-state index contributed by atoms with van der Waals surface area (Å²) in [4.78, 5) is 13.1. The molecule has 1 aromatic rings. The number of phenols is 1. The molecule has 0 saturated carbocycles. The number of phenolic OH excluding ortho intramolecular Hbond substituents is 1. The van der Waals surface area contributed by atoms with Gasteiger partial charge in [0.2, 0.25) is 0 Å². The number of carboxylic acid groups (broad SMARTS) is 1. The maximum Gasteiger partial charge on any atom is 0.308 e. The second kappa shape index (κ2) is 5.28. The Morgan fingerprint density at radius 3 is 2.83 bits per heavy atom. The van der Waals surface area contributed by atoms with Crippen molar-refractivity contribution in [3.05, 3.63) is 28.2 Å². The second-order valence-electron chi connectivity index (χ2n) is 4.89. The van der Waals surface area contributed by atoms with Crippen molar-refractivity contribution in [2.45, 2.75) is 13.5 Å². The molecule has 2 unspecified atom stereocenters. The first-order valence-corrected chi connectivity index (χ1v) is 6.69. The maximum atomic E-state index is 11.0. The molecular weight excluding hydrogens is 298 g/mol. The van der Waals surface area contributed by atoms with Gasteiger partial charge in [-0.05, 0) is 24.1 Å². The van der Waals surface area contributed by atoms with Gasteiger partial charge in [0.1, 0.15) is 5.75 Å². The summed E-state index contributed by atoms with van der Waals surface area (Å²) in [6.07, 6.45) is 0. The van der Waals surface area contributed by atoms with Gasteiger partial charge in [-0.1, -0.05) is 22.9 Å². The molecule has 0 aliphatic carbocycles. The Hall–Kier alpha value is -1.07. The number of likely N-dealkylation sites (tertiary alicyclic amines) is 1. The maximum absolute atomic E-state index is 11.0. The average molecular weight is 314 g/mol. The highest BCUT2D eigenvalue weighted by Gasteiger charge is 2.34. The fourth-order valence-corrected chi connectivity index (χ4v) is 2.85. The third kappa shape index (κ3) is 2.84. The van der Waals surface area contributed by atoms with Crippen LogP contribution in [-0.2, 0) is 11.3 Å². The summed E-state index contributed by atoms with van der Waals surface area (Å²) < 4.78 is 0.914. The number of benzene rings is 1. The number of hydrogen-bond donors (Lipinski definition) is 2. The van der Waals surface area contributed by atoms with Crippen molar-refractivity contribution in [3.63, 3.8) is 0 Å². The monoisotopic (exact) mass is 313 g/mol. The Labute approximate surface area is 114 Å². The van der Waals surface area contributed by atoms with E-state index >= 15 is 0 Å². The zero-order valence-electron chi connectivity index (χ0n) is 10.1. The zero-order valence-corrected chi connectivity index (χ0v) is 11.7. The topological polar surface area (TPSA) is 60.8 Å². The van der Waals surface area contributed by atoms with E-state index in [4.69, 9.17) is 5.11 Å². The summed E-state index contributed by atoms with van der Waals surface area (Å²) in [5.74, 6) is -0.635. The molecule has 0 radical (unpaired) electrons. The van der Waals surface area contributed by atoms with Crippen molar-refractivity contribution in [1.29, 1.82) is 0 Å². The highest BCUT2D eigenvalue weighted by atomic mass is 79.9. The Kier molecular flexibility index (Phi) is 3.92. The molecule has 2 N–H and O–H groups in total. The highest BCUT2D eigenvalue weighted by molar-refractivity contribution is 9.10. The number of carbonyl (C=O) groups is 1. The minimum absolute atomic E-state index is 0.150. The molecule has 1 fully saturated rings. The first-order chi connectivity index (χ1) is 8.47. The van der Waals surface area contributed by atoms with Crippen LogP contribution in [0.2, 0.25) is 0 Å². The van der Waals surface area contributed by atoms with E-state index in [9.17, 15) is 9.90 Å². The molecule has 4 nitrogen and oxygen atoms in total. The van der Waals surface area contributed by atoms with Crippen LogP contribution in [0.1, 0.15) is 12.5 Å². The molecule has 1 aromatic carbocycles. The summed E-state index contributed by atoms with van der Waals surface area (Å²) in [6, 6.07) is 5.30. The van der Waals surface area contributed by atoms with E-state index in [1.54, 1.807) is 12.1 Å². The molecule has 0 spiro atoms. The standard InChI is InChI=1S/C13H16BrNO3/c1-8-5-15(7-11(8)13(17)18)6-9-4-10(14)2-3-12(9)16/h2-4,8,11,16H,5-7H2,1H3,(H,17,18). The Bertz CT molecular complexity index is 464. The quantitative estimate of drug-likeness (QED) is 0.899. The third-order valence-corrected chi connectivity index (χ3v) is 3.93. The van der Waals surface area contributed by atoms with Gasteiger partial charge in [-0.15, -0.1) is 0 Å². The molecule has 2 atom stereocenters. The molecule has 18 heavy (non-hydrogen) atoms. The van der Waals surface area contributed by atoms with Gasteiger partial charge in [-0.2, -0.15) is 0 Å². The van der Waals surface area contributed by atoms with Gasteiger partial charge in [0, 0.05) is 29.7 Å². The highest BCUT2D eigenvalue weighted by Crippen LogP contribution is 2.28. The van der Waals surface area contributed by atoms with E-state index in [1.165, 1.54) is 0 Å². The van der Waals surface area contributed by atoms with E-state index < -0.39 is 5.97 Å². The van der Waals surface area contributed by atoms with Crippen LogP contribution in [0.5, 0.6) is 5.75 Å². The lowest BCUT2D eigenvalue weighted by Gasteiger charge is -2.16. The molecule has 0 aromatic heterocycles. The van der Waals surface area contributed by atoms with Crippen LogP contribution < -0.4 is 0 Å². The van der Waals surface area contributed by atoms with E-state index in [1.807, 2.05) is 13.0 Å². The number of carboxylic acids is 1. The zero-order chi connectivity index (χ0) is 13.3. The van der Waals surface area contributed by atoms with Crippen molar-refractivity contribution in [2.24, 2.45) is 11.8 Å². The molecule has 1 aliphatic rings. The summed E-state index contributed by atoms with van der Waals surface area (Å²) in [5.41, 5.74) is 0.822. The van der Waals surface area contributed by atoms with Gasteiger partial charge in [0.05, 0.1) is 5.92 Å². The lowest BCUT2D eigenvalue weighted by molar-refractivity contribution is -0.142. The Morgan fingerprint density at radius 1 is 1.50 bits per heavy atom. The van der Waals surface area contributed by atoms with Crippen LogP contribution in [0.15, 0.2) is 22.7 Å². The fourth-order valence-electron chi connectivity index (χ4n) is 2.44. The van der Waals surface area contributed by atoms with Gasteiger partial charge in [0.15, 0.2) is 0 Å². The number of aromatic hydroxyl groups is 1. The third-order valence-electron chi connectivity index (χ3n) is 3.44. The first-order valence-electron chi connectivity index (χ1n) is 5.90. The molecule has 98 valence electrons. The summed E-state index contributed by atoms with van der Waals surface area (Å²) in [5, 5.41) is 18.9. The van der Waals surface area contributed by atoms with Crippen LogP contribution in [0.4, 0.5) is 0 Å². The van der Waals surface area contributed by atoms with Gasteiger partial charge < -0.3 is 10.2 Å². The van der Waals surface area contributed by atoms with Gasteiger partial charge >= 0.3 is 5.97 Å². The van der Waals surface area contributed by atoms with E-state index in [0.29, 0.717) is 13.1 Å². The predicted octanol–water partition coefficient (Wildman–Crippen LogP) is 2.31. The second-order valence-corrected chi connectivity index (χ2v) is 5.80. The Morgan fingerprint density at radius 2 is 2.22 bits per heavy atom. The molecule has 1 aliphatic heterocycles. The van der Waals surface area contributed by atoms with Crippen molar-refractivity contribution >= 4 is 21.9 Å². The minimum Gasteiger partial charge on any atom is -0.508 e. The summed E-state index contributed by atoms with van der Waals surface area (Å²) in [7, 11) is 0.